The van der Waals surface area contributed by atoms with Crippen molar-refractivity contribution in [3.63, 3.8) is 0 Å². The van der Waals surface area contributed by atoms with Crippen molar-refractivity contribution >= 4 is 40.8 Å². The first-order chi connectivity index (χ1) is 22.6. The molecule has 250 valence electrons. The number of nitrogens with one attached hydrogen (secondary N) is 3. The largest absolute Gasteiger partial charge is 0.490 e. The van der Waals surface area contributed by atoms with Gasteiger partial charge in [-0.3, -0.25) is 5.43 Å². The standard InChI is InChI=1S/C33H36FIN4O8/c1-5-44-26-15-22(30-29(32(41)43-4)19(3)37-33(42)38-30)10-11-25(26)46-18-28(40)39-36-16-21-13-24(35)31(27(14-21)45-6-2)47-17-20-8-7-9-23(34)12-20/h7-16,28,30,39-40H,5-6,17-18H2,1-4H3,(H2,37,38,42)/b36-16-/t28-,30-/m0/s1. The van der Waals surface area contributed by atoms with Crippen LogP contribution < -0.4 is 35.0 Å². The average Bonchev–Trinajstić information content (AvgIpc) is 3.03. The van der Waals surface area contributed by atoms with Crippen LogP contribution in [-0.4, -0.2) is 56.5 Å². The van der Waals surface area contributed by atoms with Gasteiger partial charge in [-0.25, -0.2) is 14.0 Å². The van der Waals surface area contributed by atoms with Gasteiger partial charge in [0.25, 0.3) is 0 Å². The Bertz CT molecular complexity index is 1650. The number of hydrazone groups is 1. The van der Waals surface area contributed by atoms with E-state index in [1.165, 1.54) is 25.5 Å². The fourth-order valence-corrected chi connectivity index (χ4v) is 5.45. The third-order valence-corrected chi connectivity index (χ3v) is 7.51. The van der Waals surface area contributed by atoms with E-state index in [0.717, 1.165) is 3.57 Å². The molecular weight excluding hydrogens is 726 g/mol. The molecule has 4 rings (SSSR count). The minimum Gasteiger partial charge on any atom is -0.490 e. The number of carbonyl (C=O) groups excluding carboxylic acids is 2. The van der Waals surface area contributed by atoms with Gasteiger partial charge >= 0.3 is 12.0 Å². The zero-order valence-electron chi connectivity index (χ0n) is 26.3. The lowest BCUT2D eigenvalue weighted by Crippen LogP contribution is -2.45. The zero-order chi connectivity index (χ0) is 33.9. The maximum atomic E-state index is 13.6. The summed E-state index contributed by atoms with van der Waals surface area (Å²) >= 11 is 2.13. The third-order valence-electron chi connectivity index (χ3n) is 6.71. The first kappa shape index (κ1) is 35.3. The predicted octanol–water partition coefficient (Wildman–Crippen LogP) is 4.93. The number of aliphatic hydroxyl groups excluding tert-OH is 1. The summed E-state index contributed by atoms with van der Waals surface area (Å²) in [7, 11) is 1.27. The lowest BCUT2D eigenvalue weighted by molar-refractivity contribution is -0.136. The van der Waals surface area contributed by atoms with Gasteiger partial charge in [-0.2, -0.15) is 5.10 Å². The van der Waals surface area contributed by atoms with Crippen LogP contribution in [0.5, 0.6) is 23.0 Å². The van der Waals surface area contributed by atoms with Gasteiger partial charge in [0.15, 0.2) is 29.2 Å². The van der Waals surface area contributed by atoms with Gasteiger partial charge in [0, 0.05) is 5.70 Å². The van der Waals surface area contributed by atoms with Crippen molar-refractivity contribution in [1.82, 2.24) is 16.1 Å². The van der Waals surface area contributed by atoms with Crippen molar-refractivity contribution in [2.45, 2.75) is 39.6 Å². The molecule has 12 nitrogen and oxygen atoms in total. The second kappa shape index (κ2) is 16.8. The lowest BCUT2D eigenvalue weighted by atomic mass is 9.95. The molecule has 2 atom stereocenters. The van der Waals surface area contributed by atoms with Crippen molar-refractivity contribution in [3.8, 4) is 23.0 Å². The normalized spacial score (nSPS) is 15.0. The van der Waals surface area contributed by atoms with Crippen LogP contribution >= 0.6 is 22.6 Å². The number of aliphatic hydroxyl groups is 1. The van der Waals surface area contributed by atoms with E-state index in [2.05, 4.69) is 43.8 Å². The second-order valence-corrected chi connectivity index (χ2v) is 11.3. The van der Waals surface area contributed by atoms with Crippen LogP contribution in [0.4, 0.5) is 9.18 Å². The van der Waals surface area contributed by atoms with Crippen LogP contribution in [-0.2, 0) is 16.1 Å². The molecule has 3 aromatic carbocycles. The predicted molar refractivity (Wildman–Crippen MR) is 180 cm³/mol. The number of benzene rings is 3. The molecule has 47 heavy (non-hydrogen) atoms. The highest BCUT2D eigenvalue weighted by Crippen LogP contribution is 2.36. The summed E-state index contributed by atoms with van der Waals surface area (Å²) in [6, 6.07) is 13.5. The van der Waals surface area contributed by atoms with Crippen LogP contribution in [0, 0.1) is 9.39 Å². The number of rotatable bonds is 15. The molecule has 4 N–H and O–H groups in total. The fraction of sp³-hybridized carbons (Fsp3) is 0.303. The highest BCUT2D eigenvalue weighted by Gasteiger charge is 2.32. The Labute approximate surface area is 285 Å². The summed E-state index contributed by atoms with van der Waals surface area (Å²) in [5, 5.41) is 20.0. The van der Waals surface area contributed by atoms with E-state index >= 15 is 0 Å². The summed E-state index contributed by atoms with van der Waals surface area (Å²) in [6.07, 6.45) is 0.340. The smallest absolute Gasteiger partial charge is 0.337 e. The number of urea groups is 1. The number of esters is 1. The molecule has 1 aliphatic rings. The van der Waals surface area contributed by atoms with E-state index in [4.69, 9.17) is 23.7 Å². The minimum atomic E-state index is -1.18. The van der Waals surface area contributed by atoms with Gasteiger partial charge in [-0.1, -0.05) is 18.2 Å². The number of hydrogen-bond acceptors (Lipinski definition) is 10. The quantitative estimate of drug-likeness (QED) is 0.0557. The Hall–Kier alpha value is -4.57. The van der Waals surface area contributed by atoms with Gasteiger partial charge < -0.3 is 39.4 Å². The van der Waals surface area contributed by atoms with E-state index in [-0.39, 0.29) is 24.6 Å². The topological polar surface area (TPSA) is 149 Å². The van der Waals surface area contributed by atoms with Crippen molar-refractivity contribution in [2.24, 2.45) is 5.10 Å². The molecule has 0 saturated carbocycles. The van der Waals surface area contributed by atoms with Gasteiger partial charge in [-0.05, 0) is 96.5 Å². The molecule has 2 amide bonds. The molecule has 1 aliphatic heterocycles. The number of ether oxygens (including phenoxy) is 5. The van der Waals surface area contributed by atoms with Gasteiger partial charge in [0.1, 0.15) is 19.0 Å². The summed E-state index contributed by atoms with van der Waals surface area (Å²) in [6.45, 7) is 5.99. The first-order valence-corrected chi connectivity index (χ1v) is 15.8. The molecule has 3 aromatic rings. The maximum absolute atomic E-state index is 13.6. The number of methoxy groups -OCH3 is 1. The van der Waals surface area contributed by atoms with Crippen LogP contribution in [0.15, 0.2) is 71.0 Å². The molecule has 0 spiro atoms. The molecule has 0 radical (unpaired) electrons. The first-order valence-electron chi connectivity index (χ1n) is 14.7. The lowest BCUT2D eigenvalue weighted by Gasteiger charge is -2.28. The third kappa shape index (κ3) is 9.48. The minimum absolute atomic E-state index is 0.169. The Morgan fingerprint density at radius 3 is 2.55 bits per heavy atom. The second-order valence-electron chi connectivity index (χ2n) is 10.1. The number of halogens is 2. The summed E-state index contributed by atoms with van der Waals surface area (Å²) in [5.74, 6) is 0.807. The molecule has 0 saturated heterocycles. The Balaban J connectivity index is 1.40. The maximum Gasteiger partial charge on any atom is 0.337 e. The number of allylic oxidation sites excluding steroid dienone is 1. The number of carbonyl (C=O) groups is 2. The van der Waals surface area contributed by atoms with E-state index in [1.54, 1.807) is 50.2 Å². The molecule has 14 heteroatoms. The van der Waals surface area contributed by atoms with Gasteiger partial charge in [-0.15, -0.1) is 0 Å². The van der Waals surface area contributed by atoms with Gasteiger partial charge in [0.05, 0.1) is 41.7 Å². The number of hydrogen-bond donors (Lipinski definition) is 4. The average molecular weight is 763 g/mol. The highest BCUT2D eigenvalue weighted by atomic mass is 127. The molecule has 0 aliphatic carbocycles. The van der Waals surface area contributed by atoms with E-state index in [9.17, 15) is 19.1 Å². The van der Waals surface area contributed by atoms with Crippen LogP contribution in [0.25, 0.3) is 0 Å². The van der Waals surface area contributed by atoms with E-state index in [1.807, 2.05) is 13.0 Å². The summed E-state index contributed by atoms with van der Waals surface area (Å²) in [5.41, 5.74) is 5.22. The monoisotopic (exact) mass is 762 g/mol. The van der Waals surface area contributed by atoms with E-state index < -0.39 is 24.3 Å². The van der Waals surface area contributed by atoms with Crippen molar-refractivity contribution < 1.29 is 42.8 Å². The van der Waals surface area contributed by atoms with Crippen molar-refractivity contribution in [2.75, 3.05) is 26.9 Å². The SMILES string of the molecule is CCOc1cc([C@@H]2NC(=O)NC(C)=C2C(=O)OC)ccc1OC[C@H](O)N/N=C\c1cc(I)c(OCc2cccc(F)c2)c(OCC)c1. The van der Waals surface area contributed by atoms with Crippen LogP contribution in [0.1, 0.15) is 43.5 Å². The number of nitrogens with zero attached hydrogens (tertiary/aromatic N) is 1. The van der Waals surface area contributed by atoms with Gasteiger partial charge in [0.2, 0.25) is 0 Å². The summed E-state index contributed by atoms with van der Waals surface area (Å²) < 4.78 is 42.6. The van der Waals surface area contributed by atoms with Crippen LogP contribution in [0.2, 0.25) is 0 Å². The van der Waals surface area contributed by atoms with E-state index in [0.29, 0.717) is 58.6 Å². The summed E-state index contributed by atoms with van der Waals surface area (Å²) in [4.78, 5) is 24.6. The van der Waals surface area contributed by atoms with Crippen molar-refractivity contribution in [1.29, 1.82) is 0 Å². The Kier molecular flexibility index (Phi) is 12.6. The fourth-order valence-electron chi connectivity index (χ4n) is 4.67. The Morgan fingerprint density at radius 1 is 1.06 bits per heavy atom. The molecule has 0 fully saturated rings. The molecule has 1 heterocycles. The molecular formula is C33H36FIN4O8. The van der Waals surface area contributed by atoms with Crippen LogP contribution in [0.3, 0.4) is 0 Å². The Morgan fingerprint density at radius 2 is 1.83 bits per heavy atom. The molecule has 0 unspecified atom stereocenters. The molecule has 0 aromatic heterocycles. The molecule has 0 bridgehead atoms. The van der Waals surface area contributed by atoms with Crippen molar-refractivity contribution in [3.05, 3.63) is 91.9 Å². The highest BCUT2D eigenvalue weighted by molar-refractivity contribution is 14.1. The zero-order valence-corrected chi connectivity index (χ0v) is 28.4. The number of amides is 2.